The van der Waals surface area contributed by atoms with E-state index in [1.807, 2.05) is 84.9 Å². The Morgan fingerprint density at radius 1 is 0.800 bits per heavy atom. The van der Waals surface area contributed by atoms with E-state index >= 15 is 0 Å². The van der Waals surface area contributed by atoms with Crippen LogP contribution in [0.1, 0.15) is 37.0 Å². The molecule has 1 fully saturated rings. The number of benzene rings is 3. The number of hydrogen-bond donors (Lipinski definition) is 4. The molecule has 2 unspecified atom stereocenters. The number of rotatable bonds is 14. The monoisotopic (exact) mass is 610 g/mol. The van der Waals surface area contributed by atoms with Gasteiger partial charge in [-0.15, -0.1) is 0 Å². The molecule has 1 aliphatic heterocycles. The van der Waals surface area contributed by atoms with Gasteiger partial charge >= 0.3 is 6.09 Å². The first-order valence-electron chi connectivity index (χ1n) is 15.1. The van der Waals surface area contributed by atoms with Crippen molar-refractivity contribution in [1.82, 2.24) is 20.9 Å². The zero-order valence-corrected chi connectivity index (χ0v) is 25.4. The molecule has 2 heterocycles. The molecule has 3 aromatic carbocycles. The van der Waals surface area contributed by atoms with Crippen LogP contribution in [0, 0.1) is 0 Å². The molecule has 0 saturated carbocycles. The van der Waals surface area contributed by atoms with Gasteiger partial charge in [-0.05, 0) is 42.5 Å². The first kappa shape index (κ1) is 31.5. The average molecular weight is 611 g/mol. The normalized spacial score (nSPS) is 17.5. The van der Waals surface area contributed by atoms with Crippen LogP contribution in [0.5, 0.6) is 0 Å². The lowest BCUT2D eigenvalue weighted by Gasteiger charge is -2.25. The number of carbonyl (C=O) groups excluding carboxylic acids is 4. The quantitative estimate of drug-likeness (QED) is 0.159. The van der Waals surface area contributed by atoms with E-state index in [0.29, 0.717) is 0 Å². The van der Waals surface area contributed by atoms with Gasteiger partial charge in [0.15, 0.2) is 5.78 Å². The van der Waals surface area contributed by atoms with Crippen molar-refractivity contribution in [3.05, 3.63) is 108 Å². The van der Waals surface area contributed by atoms with Crippen LogP contribution in [0.25, 0.3) is 10.9 Å². The zero-order valence-electron chi connectivity index (χ0n) is 25.4. The largest absolute Gasteiger partial charge is 0.445 e. The Balaban J connectivity index is 1.33. The Labute approximate surface area is 261 Å². The lowest BCUT2D eigenvalue weighted by Crippen LogP contribution is -2.57. The number of aromatic nitrogens is 1. The molecule has 5 rings (SSSR count). The maximum atomic E-state index is 13.9. The molecule has 4 N–H and O–H groups in total. The van der Waals surface area contributed by atoms with Crippen LogP contribution in [0.4, 0.5) is 4.79 Å². The fourth-order valence-electron chi connectivity index (χ4n) is 5.21. The van der Waals surface area contributed by atoms with Crippen LogP contribution in [-0.2, 0) is 43.3 Å². The number of carbonyl (C=O) groups is 4. The van der Waals surface area contributed by atoms with Crippen LogP contribution >= 0.6 is 0 Å². The molecule has 0 bridgehead atoms. The predicted octanol–water partition coefficient (Wildman–Crippen LogP) is 3.99. The summed E-state index contributed by atoms with van der Waals surface area (Å²) in [6.45, 7) is 3.79. The summed E-state index contributed by atoms with van der Waals surface area (Å²) < 4.78 is 10.7. The number of H-pyrrole nitrogens is 1. The Kier molecular flexibility index (Phi) is 9.94. The third-order valence-electron chi connectivity index (χ3n) is 7.98. The minimum Gasteiger partial charge on any atom is -0.445 e. The van der Waals surface area contributed by atoms with Crippen molar-refractivity contribution >= 4 is 34.6 Å². The number of aromatic amines is 1. The highest BCUT2D eigenvalue weighted by Crippen LogP contribution is 2.29. The molecule has 3 amide bonds. The third kappa shape index (κ3) is 8.16. The van der Waals surface area contributed by atoms with Crippen molar-refractivity contribution in [2.45, 2.75) is 63.4 Å². The molecular formula is C35H38N4O6. The number of hydrogen-bond acceptors (Lipinski definition) is 6. The second-order valence-corrected chi connectivity index (χ2v) is 11.4. The minimum absolute atomic E-state index is 0.0514. The summed E-state index contributed by atoms with van der Waals surface area (Å²) in [6.07, 6.45) is 1.74. The van der Waals surface area contributed by atoms with Crippen LogP contribution in [-0.4, -0.2) is 59.0 Å². The molecule has 0 radical (unpaired) electrons. The molecule has 4 aromatic rings. The highest BCUT2D eigenvalue weighted by atomic mass is 16.6. The minimum atomic E-state index is -1.05. The second kappa shape index (κ2) is 14.2. The number of ether oxygens (including phenoxy) is 2. The highest BCUT2D eigenvalue weighted by Gasteiger charge is 2.50. The highest BCUT2D eigenvalue weighted by molar-refractivity contribution is 5.98. The molecular weight excluding hydrogens is 572 g/mol. The van der Waals surface area contributed by atoms with Crippen LogP contribution < -0.4 is 16.0 Å². The molecule has 1 aliphatic rings. The van der Waals surface area contributed by atoms with Crippen molar-refractivity contribution in [1.29, 1.82) is 0 Å². The van der Waals surface area contributed by atoms with E-state index in [1.54, 1.807) is 20.0 Å². The molecule has 234 valence electrons. The average Bonchev–Trinajstić information content (AvgIpc) is 3.69. The first-order valence-corrected chi connectivity index (χ1v) is 15.1. The molecule has 4 atom stereocenters. The van der Waals surface area contributed by atoms with Crippen molar-refractivity contribution in [3.63, 3.8) is 0 Å². The summed E-state index contributed by atoms with van der Waals surface area (Å²) in [4.78, 5) is 56.7. The van der Waals surface area contributed by atoms with E-state index in [1.165, 1.54) is 0 Å². The molecule has 0 aliphatic carbocycles. The number of Topliss-reactive ketones (excluding diaryl/α,β-unsaturated/α-hetero) is 1. The summed E-state index contributed by atoms with van der Waals surface area (Å²) in [5, 5.41) is 9.26. The first-order chi connectivity index (χ1) is 21.8. The molecule has 1 saturated heterocycles. The number of para-hydroxylation sites is 1. The summed E-state index contributed by atoms with van der Waals surface area (Å²) in [5.74, 6) is -1.29. The van der Waals surface area contributed by atoms with Gasteiger partial charge in [-0.1, -0.05) is 85.8 Å². The van der Waals surface area contributed by atoms with Crippen LogP contribution in [0.2, 0.25) is 0 Å². The molecule has 0 spiro atoms. The lowest BCUT2D eigenvalue weighted by molar-refractivity contribution is -0.133. The number of alkyl carbamates (subject to hydrolysis) is 1. The van der Waals surface area contributed by atoms with Crippen LogP contribution in [0.15, 0.2) is 91.1 Å². The topological polar surface area (TPSA) is 142 Å². The Morgan fingerprint density at radius 2 is 1.40 bits per heavy atom. The van der Waals surface area contributed by atoms with Gasteiger partial charge in [0.1, 0.15) is 24.3 Å². The smallest absolute Gasteiger partial charge is 0.408 e. The van der Waals surface area contributed by atoms with Crippen molar-refractivity contribution in [2.24, 2.45) is 0 Å². The Bertz CT molecular complexity index is 1630. The summed E-state index contributed by atoms with van der Waals surface area (Å²) >= 11 is 0. The van der Waals surface area contributed by atoms with E-state index in [4.69, 9.17) is 9.47 Å². The van der Waals surface area contributed by atoms with Gasteiger partial charge in [-0.2, -0.15) is 0 Å². The van der Waals surface area contributed by atoms with E-state index < -0.39 is 41.6 Å². The van der Waals surface area contributed by atoms with Crippen molar-refractivity contribution < 1.29 is 28.7 Å². The number of nitrogens with one attached hydrogen (secondary N) is 4. The van der Waals surface area contributed by atoms with Crippen molar-refractivity contribution in [2.75, 3.05) is 6.61 Å². The maximum absolute atomic E-state index is 13.9. The van der Waals surface area contributed by atoms with Crippen LogP contribution in [0.3, 0.4) is 0 Å². The zero-order chi connectivity index (χ0) is 31.8. The number of amides is 3. The summed E-state index contributed by atoms with van der Waals surface area (Å²) in [5.41, 5.74) is 2.44. The van der Waals surface area contributed by atoms with Gasteiger partial charge in [0.2, 0.25) is 11.8 Å². The van der Waals surface area contributed by atoms with Gasteiger partial charge in [0.25, 0.3) is 0 Å². The molecule has 10 nitrogen and oxygen atoms in total. The van der Waals surface area contributed by atoms with Gasteiger partial charge in [0, 0.05) is 23.5 Å². The SMILES string of the molecule is CC[C@@H](NC(=O)OCc1ccccc1)C(=O)N[C@@H](Cc1c[nH]c2ccccc12)C(=O)NC(Cc1ccccc1)C(=O)C1(C)CO1. The summed E-state index contributed by atoms with van der Waals surface area (Å²) in [7, 11) is 0. The van der Waals surface area contributed by atoms with Gasteiger partial charge in [-0.25, -0.2) is 4.79 Å². The van der Waals surface area contributed by atoms with Gasteiger partial charge in [-0.3, -0.25) is 14.4 Å². The van der Waals surface area contributed by atoms with Crippen molar-refractivity contribution in [3.8, 4) is 0 Å². The predicted molar refractivity (Wildman–Crippen MR) is 169 cm³/mol. The Morgan fingerprint density at radius 3 is 2.07 bits per heavy atom. The lowest BCUT2D eigenvalue weighted by atomic mass is 9.94. The van der Waals surface area contributed by atoms with E-state index in [9.17, 15) is 19.2 Å². The fraction of sp³-hybridized carbons (Fsp3) is 0.314. The van der Waals surface area contributed by atoms with E-state index in [-0.39, 0.29) is 38.3 Å². The fourth-order valence-corrected chi connectivity index (χ4v) is 5.21. The summed E-state index contributed by atoms with van der Waals surface area (Å²) in [6, 6.07) is 23.4. The number of fused-ring (bicyclic) bond motifs is 1. The number of epoxide rings is 1. The van der Waals surface area contributed by atoms with E-state index in [0.717, 1.165) is 27.6 Å². The number of ketones is 1. The van der Waals surface area contributed by atoms with E-state index in [2.05, 4.69) is 20.9 Å². The second-order valence-electron chi connectivity index (χ2n) is 11.4. The Hall–Kier alpha value is -4.96. The van der Waals surface area contributed by atoms with Gasteiger partial charge < -0.3 is 30.4 Å². The standard InChI is InChI=1S/C35H38N4O6/c1-3-27(39-34(43)44-21-24-14-8-5-9-15-24)32(41)38-30(19-25-20-36-28-17-11-10-16-26(25)28)33(42)37-29(31(40)35(2)22-45-35)18-23-12-6-4-7-13-23/h4-17,20,27,29-30,36H,3,18-19,21-22H2,1-2H3,(H,37,42)(H,38,41)(H,39,43)/t27-,29?,30+,35?/m1/s1. The third-order valence-corrected chi connectivity index (χ3v) is 7.98. The maximum Gasteiger partial charge on any atom is 0.408 e. The molecule has 45 heavy (non-hydrogen) atoms. The molecule has 10 heteroatoms. The van der Waals surface area contributed by atoms with Gasteiger partial charge in [0.05, 0.1) is 12.6 Å². The molecule has 1 aromatic heterocycles.